The molecule has 1 aromatic carbocycles. The van der Waals surface area contributed by atoms with Gasteiger partial charge in [0.1, 0.15) is 18.6 Å². The molecule has 0 aliphatic carbocycles. The van der Waals surface area contributed by atoms with E-state index in [2.05, 4.69) is 17.1 Å². The number of nitrogens with one attached hydrogen (secondary N) is 1. The predicted molar refractivity (Wildman–Crippen MR) is 127 cm³/mol. The first-order valence-electron chi connectivity index (χ1n) is 11.9. The van der Waals surface area contributed by atoms with Crippen LogP contribution in [0.3, 0.4) is 0 Å². The lowest BCUT2D eigenvalue weighted by Crippen LogP contribution is -2.48. The van der Waals surface area contributed by atoms with Crippen LogP contribution in [0.2, 0.25) is 0 Å². The van der Waals surface area contributed by atoms with Gasteiger partial charge in [0, 0.05) is 38.0 Å². The molecule has 3 atom stereocenters. The Morgan fingerprint density at radius 2 is 2.09 bits per heavy atom. The van der Waals surface area contributed by atoms with Crippen molar-refractivity contribution in [3.05, 3.63) is 36.4 Å². The number of rotatable bonds is 6. The summed E-state index contributed by atoms with van der Waals surface area (Å²) in [7, 11) is 0. The standard InChI is InChI=1S/C24H32FN5O5/c1-4-34-23(32)28-10-9-27(15-28)18-7-8-29(16(2)11-18)22-6-5-19(12-21(22)25)30-14-20(35-24(30)33)13-26-17(3)31/h5-6,9-10,12,16,18,20H,4,7-8,11,13-15H2,1-3H3,(H,26,31). The minimum atomic E-state index is -0.558. The van der Waals surface area contributed by atoms with Gasteiger partial charge in [-0.15, -0.1) is 0 Å². The second-order valence-electron chi connectivity index (χ2n) is 9.03. The van der Waals surface area contributed by atoms with Crippen LogP contribution >= 0.6 is 0 Å². The average Bonchev–Trinajstić information content (AvgIpc) is 3.45. The molecule has 35 heavy (non-hydrogen) atoms. The summed E-state index contributed by atoms with van der Waals surface area (Å²) in [4.78, 5) is 42.4. The van der Waals surface area contributed by atoms with Gasteiger partial charge >= 0.3 is 12.2 Å². The number of carbonyl (C=O) groups excluding carboxylic acids is 3. The Balaban J connectivity index is 1.36. The fraction of sp³-hybridized carbons (Fsp3) is 0.542. The third kappa shape index (κ3) is 5.44. The van der Waals surface area contributed by atoms with E-state index in [9.17, 15) is 14.4 Å². The molecule has 4 rings (SSSR count). The largest absolute Gasteiger partial charge is 0.449 e. The molecule has 3 amide bonds. The van der Waals surface area contributed by atoms with Gasteiger partial charge in [-0.05, 0) is 44.9 Å². The summed E-state index contributed by atoms with van der Waals surface area (Å²) in [6.07, 6.45) is 3.87. The molecule has 3 aliphatic heterocycles. The minimum Gasteiger partial charge on any atom is -0.449 e. The third-order valence-electron chi connectivity index (χ3n) is 6.58. The van der Waals surface area contributed by atoms with Gasteiger partial charge < -0.3 is 24.6 Å². The molecule has 3 unspecified atom stereocenters. The highest BCUT2D eigenvalue weighted by molar-refractivity contribution is 5.90. The normalized spacial score (nSPS) is 24.1. The van der Waals surface area contributed by atoms with E-state index in [0.717, 1.165) is 12.8 Å². The summed E-state index contributed by atoms with van der Waals surface area (Å²) in [5.41, 5.74) is 0.914. The van der Waals surface area contributed by atoms with Crippen molar-refractivity contribution >= 4 is 29.5 Å². The fourth-order valence-corrected chi connectivity index (χ4v) is 4.80. The highest BCUT2D eigenvalue weighted by atomic mass is 19.1. The van der Waals surface area contributed by atoms with Crippen molar-refractivity contribution in [2.45, 2.75) is 51.8 Å². The Bertz CT molecular complexity index is 1000. The zero-order chi connectivity index (χ0) is 25.1. The molecule has 2 fully saturated rings. The van der Waals surface area contributed by atoms with Crippen LogP contribution in [0.25, 0.3) is 0 Å². The first kappa shape index (κ1) is 24.6. The summed E-state index contributed by atoms with van der Waals surface area (Å²) in [6, 6.07) is 5.10. The molecule has 1 N–H and O–H groups in total. The lowest BCUT2D eigenvalue weighted by atomic mass is 9.96. The summed E-state index contributed by atoms with van der Waals surface area (Å²) in [6.45, 7) is 7.14. The maximum absolute atomic E-state index is 15.2. The van der Waals surface area contributed by atoms with Gasteiger partial charge in [-0.3, -0.25) is 14.6 Å². The van der Waals surface area contributed by atoms with Crippen molar-refractivity contribution in [3.8, 4) is 0 Å². The Morgan fingerprint density at radius 1 is 1.29 bits per heavy atom. The molecule has 0 saturated carbocycles. The van der Waals surface area contributed by atoms with Gasteiger partial charge in [-0.1, -0.05) is 0 Å². The molecular formula is C24H32FN5O5. The van der Waals surface area contributed by atoms with Crippen molar-refractivity contribution in [1.29, 1.82) is 0 Å². The second kappa shape index (κ2) is 10.4. The number of cyclic esters (lactones) is 1. The van der Waals surface area contributed by atoms with Crippen LogP contribution in [0.4, 0.5) is 25.4 Å². The molecule has 0 radical (unpaired) electrons. The van der Waals surface area contributed by atoms with Gasteiger partial charge in [-0.25, -0.2) is 14.0 Å². The van der Waals surface area contributed by atoms with Crippen LogP contribution < -0.4 is 15.1 Å². The molecular weight excluding hydrogens is 457 g/mol. The molecule has 0 aromatic heterocycles. The zero-order valence-corrected chi connectivity index (χ0v) is 20.3. The highest BCUT2D eigenvalue weighted by Gasteiger charge is 2.35. The average molecular weight is 490 g/mol. The van der Waals surface area contributed by atoms with E-state index >= 15 is 4.39 Å². The van der Waals surface area contributed by atoms with Gasteiger partial charge in [0.25, 0.3) is 0 Å². The molecule has 10 nitrogen and oxygen atoms in total. The first-order chi connectivity index (χ1) is 16.8. The molecule has 11 heteroatoms. The second-order valence-corrected chi connectivity index (χ2v) is 9.03. The van der Waals surface area contributed by atoms with Crippen LogP contribution in [-0.4, -0.2) is 79.0 Å². The van der Waals surface area contributed by atoms with E-state index in [4.69, 9.17) is 9.47 Å². The van der Waals surface area contributed by atoms with E-state index in [0.29, 0.717) is 31.2 Å². The monoisotopic (exact) mass is 489 g/mol. The van der Waals surface area contributed by atoms with Crippen molar-refractivity contribution in [3.63, 3.8) is 0 Å². The van der Waals surface area contributed by atoms with Crippen molar-refractivity contribution < 1.29 is 28.2 Å². The maximum Gasteiger partial charge on any atom is 0.415 e. The Hall–Kier alpha value is -3.50. The number of carbonyl (C=O) groups is 3. The van der Waals surface area contributed by atoms with Crippen molar-refractivity contribution in [2.24, 2.45) is 0 Å². The lowest BCUT2D eigenvalue weighted by molar-refractivity contribution is -0.119. The minimum absolute atomic E-state index is 0.0814. The number of halogens is 1. The summed E-state index contributed by atoms with van der Waals surface area (Å²) < 4.78 is 25.5. The Morgan fingerprint density at radius 3 is 2.77 bits per heavy atom. The van der Waals surface area contributed by atoms with Crippen LogP contribution in [-0.2, 0) is 14.3 Å². The van der Waals surface area contributed by atoms with Crippen LogP contribution in [0.5, 0.6) is 0 Å². The van der Waals surface area contributed by atoms with Crippen LogP contribution in [0, 0.1) is 5.82 Å². The van der Waals surface area contributed by atoms with Gasteiger partial charge in [0.05, 0.1) is 31.1 Å². The predicted octanol–water partition coefficient (Wildman–Crippen LogP) is 2.85. The SMILES string of the molecule is CCOC(=O)N1C=CN(C2CCN(c3ccc(N4CC(CNC(C)=O)OC4=O)cc3F)C(C)C2)C1. The molecule has 0 bridgehead atoms. The van der Waals surface area contributed by atoms with Gasteiger partial charge in [-0.2, -0.15) is 0 Å². The number of hydrogen-bond acceptors (Lipinski definition) is 7. The van der Waals surface area contributed by atoms with E-state index in [1.165, 1.54) is 17.9 Å². The fourth-order valence-electron chi connectivity index (χ4n) is 4.80. The van der Waals surface area contributed by atoms with Crippen LogP contribution in [0.1, 0.15) is 33.6 Å². The summed E-state index contributed by atoms with van der Waals surface area (Å²) in [5.74, 6) is -0.606. The third-order valence-corrected chi connectivity index (χ3v) is 6.58. The zero-order valence-electron chi connectivity index (χ0n) is 20.3. The molecule has 3 aliphatic rings. The number of nitrogens with zero attached hydrogens (tertiary/aromatic N) is 4. The Kier molecular flexibility index (Phi) is 7.32. The van der Waals surface area contributed by atoms with E-state index in [-0.39, 0.29) is 37.2 Å². The van der Waals surface area contributed by atoms with Crippen LogP contribution in [0.15, 0.2) is 30.6 Å². The van der Waals surface area contributed by atoms with E-state index in [1.807, 2.05) is 11.1 Å². The maximum atomic E-state index is 15.2. The number of amides is 3. The highest BCUT2D eigenvalue weighted by Crippen LogP contribution is 2.33. The topological polar surface area (TPSA) is 94.7 Å². The molecule has 2 saturated heterocycles. The summed E-state index contributed by atoms with van der Waals surface area (Å²) in [5, 5.41) is 2.63. The molecule has 190 valence electrons. The molecule has 1 aromatic rings. The van der Waals surface area contributed by atoms with E-state index in [1.54, 1.807) is 30.2 Å². The van der Waals surface area contributed by atoms with Gasteiger partial charge in [0.2, 0.25) is 5.91 Å². The summed E-state index contributed by atoms with van der Waals surface area (Å²) >= 11 is 0. The first-order valence-corrected chi connectivity index (χ1v) is 11.9. The number of piperidine rings is 1. The number of anilines is 2. The molecule has 3 heterocycles. The van der Waals surface area contributed by atoms with Gasteiger partial charge in [0.15, 0.2) is 0 Å². The number of hydrogen-bond donors (Lipinski definition) is 1. The number of benzene rings is 1. The van der Waals surface area contributed by atoms with E-state index < -0.39 is 18.0 Å². The Labute approximate surface area is 204 Å². The quantitative estimate of drug-likeness (QED) is 0.657. The van der Waals surface area contributed by atoms with Crippen molar-refractivity contribution in [2.75, 3.05) is 42.7 Å². The smallest absolute Gasteiger partial charge is 0.415 e. The lowest BCUT2D eigenvalue weighted by Gasteiger charge is -2.42. The van der Waals surface area contributed by atoms with Crippen molar-refractivity contribution in [1.82, 2.24) is 15.1 Å². The number of ether oxygens (including phenoxy) is 2. The molecule has 0 spiro atoms.